The third-order valence-corrected chi connectivity index (χ3v) is 5.77. The molecule has 0 aliphatic carbocycles. The summed E-state index contributed by atoms with van der Waals surface area (Å²) >= 11 is 17.7. The lowest BCUT2D eigenvalue weighted by Crippen LogP contribution is -2.52. The molecule has 0 bridgehead atoms. The van der Waals surface area contributed by atoms with Gasteiger partial charge in [0, 0.05) is 7.05 Å². The number of carbonyl (C=O) groups excluding carboxylic acids is 2. The molecule has 0 saturated carbocycles. The highest BCUT2D eigenvalue weighted by molar-refractivity contribution is 7.80. The molecule has 8 heteroatoms. The summed E-state index contributed by atoms with van der Waals surface area (Å²) in [5.74, 6) is -0.744. The van der Waals surface area contributed by atoms with Crippen LogP contribution in [-0.2, 0) is 16.2 Å². The molecule has 5 nitrogen and oxygen atoms in total. The van der Waals surface area contributed by atoms with E-state index >= 15 is 0 Å². The summed E-state index contributed by atoms with van der Waals surface area (Å²) in [5, 5.41) is 5.32. The van der Waals surface area contributed by atoms with Gasteiger partial charge in [-0.3, -0.25) is 19.8 Å². The van der Waals surface area contributed by atoms with Crippen LogP contribution in [0.4, 0.5) is 0 Å². The van der Waals surface area contributed by atoms with E-state index in [0.717, 1.165) is 16.3 Å². The number of benzene rings is 3. The standard InChI is InChI=1S/C23H16Cl2N2O3S/c1-27-22(29)17(21(28)26-23(27)31)9-14-10-18(24)20(19(25)11-14)30-12-13-6-7-15-4-2-3-5-16(15)8-13/h2-11H,12H2,1H3,(H,26,28,31)/b17-9+. The van der Waals surface area contributed by atoms with E-state index in [2.05, 4.69) is 5.32 Å². The van der Waals surface area contributed by atoms with Gasteiger partial charge in [0.25, 0.3) is 11.8 Å². The molecule has 31 heavy (non-hydrogen) atoms. The van der Waals surface area contributed by atoms with Crippen LogP contribution in [0.3, 0.4) is 0 Å². The predicted octanol–water partition coefficient (Wildman–Crippen LogP) is 4.98. The maximum Gasteiger partial charge on any atom is 0.265 e. The van der Waals surface area contributed by atoms with E-state index in [1.165, 1.54) is 18.0 Å². The molecule has 3 aromatic rings. The van der Waals surface area contributed by atoms with Crippen LogP contribution in [0.1, 0.15) is 11.1 Å². The first-order valence-electron chi connectivity index (χ1n) is 9.28. The molecule has 3 aromatic carbocycles. The summed E-state index contributed by atoms with van der Waals surface area (Å²) in [6.07, 6.45) is 1.42. The number of nitrogens with zero attached hydrogens (tertiary/aromatic N) is 1. The van der Waals surface area contributed by atoms with Crippen molar-refractivity contribution in [3.8, 4) is 5.75 Å². The fraction of sp³-hybridized carbons (Fsp3) is 0.0870. The monoisotopic (exact) mass is 470 g/mol. The number of nitrogens with one attached hydrogen (secondary N) is 1. The van der Waals surface area contributed by atoms with Gasteiger partial charge in [0.2, 0.25) is 0 Å². The van der Waals surface area contributed by atoms with E-state index in [9.17, 15) is 9.59 Å². The normalized spacial score (nSPS) is 15.5. The Balaban J connectivity index is 1.56. The van der Waals surface area contributed by atoms with Crippen molar-refractivity contribution in [1.82, 2.24) is 10.2 Å². The van der Waals surface area contributed by atoms with Gasteiger partial charge in [0.15, 0.2) is 10.9 Å². The highest BCUT2D eigenvalue weighted by Crippen LogP contribution is 2.35. The summed E-state index contributed by atoms with van der Waals surface area (Å²) in [6, 6.07) is 17.3. The van der Waals surface area contributed by atoms with Crippen molar-refractivity contribution in [2.75, 3.05) is 7.05 Å². The van der Waals surface area contributed by atoms with Gasteiger partial charge in [-0.2, -0.15) is 0 Å². The van der Waals surface area contributed by atoms with E-state index in [1.54, 1.807) is 12.1 Å². The average Bonchev–Trinajstić information content (AvgIpc) is 2.74. The zero-order valence-electron chi connectivity index (χ0n) is 16.3. The van der Waals surface area contributed by atoms with Crippen LogP contribution >= 0.6 is 35.4 Å². The molecule has 1 aliphatic heterocycles. The molecular formula is C23H16Cl2N2O3S. The minimum Gasteiger partial charge on any atom is -0.486 e. The number of fused-ring (bicyclic) bond motifs is 1. The van der Waals surface area contributed by atoms with Gasteiger partial charge in [-0.15, -0.1) is 0 Å². The molecular weight excluding hydrogens is 455 g/mol. The van der Waals surface area contributed by atoms with Gasteiger partial charge in [0.05, 0.1) is 10.0 Å². The lowest BCUT2D eigenvalue weighted by molar-refractivity contribution is -0.128. The number of ether oxygens (including phenoxy) is 1. The number of thiocarbonyl (C=S) groups is 1. The van der Waals surface area contributed by atoms with Crippen LogP contribution in [0.15, 0.2) is 60.2 Å². The number of halogens is 2. The summed E-state index contributed by atoms with van der Waals surface area (Å²) < 4.78 is 5.86. The van der Waals surface area contributed by atoms with Gasteiger partial charge in [0.1, 0.15) is 12.2 Å². The highest BCUT2D eigenvalue weighted by atomic mass is 35.5. The fourth-order valence-electron chi connectivity index (χ4n) is 3.20. The second kappa shape index (κ2) is 8.67. The van der Waals surface area contributed by atoms with Crippen LogP contribution in [-0.4, -0.2) is 28.9 Å². The summed E-state index contributed by atoms with van der Waals surface area (Å²) in [6.45, 7) is 0.286. The Morgan fingerprint density at radius 3 is 2.42 bits per heavy atom. The largest absolute Gasteiger partial charge is 0.486 e. The number of hydrogen-bond donors (Lipinski definition) is 1. The SMILES string of the molecule is CN1C(=O)/C(=C/c2cc(Cl)c(OCc3ccc4ccccc4c3)c(Cl)c2)C(=O)NC1=S. The van der Waals surface area contributed by atoms with Gasteiger partial charge < -0.3 is 4.74 Å². The number of rotatable bonds is 4. The Hall–Kier alpha value is -2.93. The van der Waals surface area contributed by atoms with Crippen molar-refractivity contribution < 1.29 is 14.3 Å². The zero-order chi connectivity index (χ0) is 22.1. The minimum absolute atomic E-state index is 0.0562. The molecule has 2 amide bonds. The Bertz CT molecular complexity index is 1250. The number of amides is 2. The zero-order valence-corrected chi connectivity index (χ0v) is 18.6. The van der Waals surface area contributed by atoms with Gasteiger partial charge >= 0.3 is 0 Å². The Kier molecular flexibility index (Phi) is 5.96. The first-order valence-corrected chi connectivity index (χ1v) is 10.4. The second-order valence-electron chi connectivity index (χ2n) is 6.97. The van der Waals surface area contributed by atoms with E-state index in [4.69, 9.17) is 40.2 Å². The fourth-order valence-corrected chi connectivity index (χ4v) is 3.99. The Labute approximate surface area is 194 Å². The number of hydrogen-bond acceptors (Lipinski definition) is 4. The first kappa shape index (κ1) is 21.3. The molecule has 0 unspecified atom stereocenters. The summed E-state index contributed by atoms with van der Waals surface area (Å²) in [5.41, 5.74) is 1.40. The first-order chi connectivity index (χ1) is 14.8. The van der Waals surface area contributed by atoms with E-state index in [1.807, 2.05) is 42.5 Å². The Morgan fingerprint density at radius 2 is 1.71 bits per heavy atom. The lowest BCUT2D eigenvalue weighted by atomic mass is 10.1. The van der Waals surface area contributed by atoms with Crippen molar-refractivity contribution in [3.63, 3.8) is 0 Å². The molecule has 4 rings (SSSR count). The van der Waals surface area contributed by atoms with Crippen molar-refractivity contribution in [3.05, 3.63) is 81.3 Å². The highest BCUT2D eigenvalue weighted by Gasteiger charge is 2.30. The van der Waals surface area contributed by atoms with Crippen LogP contribution in [0.5, 0.6) is 5.75 Å². The number of likely N-dealkylation sites (N-methyl/N-ethyl adjacent to an activating group) is 1. The lowest BCUT2D eigenvalue weighted by Gasteiger charge is -2.25. The minimum atomic E-state index is -0.572. The van der Waals surface area contributed by atoms with Crippen molar-refractivity contribution >= 4 is 69.2 Å². The molecule has 0 spiro atoms. The number of carbonyl (C=O) groups is 2. The Morgan fingerprint density at radius 1 is 1.03 bits per heavy atom. The maximum absolute atomic E-state index is 12.4. The van der Waals surface area contributed by atoms with Crippen molar-refractivity contribution in [2.24, 2.45) is 0 Å². The van der Waals surface area contributed by atoms with Crippen LogP contribution in [0, 0.1) is 0 Å². The van der Waals surface area contributed by atoms with Gasteiger partial charge in [-0.1, -0.05) is 59.6 Å². The summed E-state index contributed by atoms with van der Waals surface area (Å²) in [7, 11) is 1.49. The molecule has 1 N–H and O–H groups in total. The molecule has 1 heterocycles. The third kappa shape index (κ3) is 4.42. The smallest absolute Gasteiger partial charge is 0.265 e. The molecule has 156 valence electrons. The van der Waals surface area contributed by atoms with Crippen molar-refractivity contribution in [2.45, 2.75) is 6.61 Å². The predicted molar refractivity (Wildman–Crippen MR) is 126 cm³/mol. The molecule has 0 radical (unpaired) electrons. The molecule has 1 fully saturated rings. The summed E-state index contributed by atoms with van der Waals surface area (Å²) in [4.78, 5) is 25.7. The average molecular weight is 471 g/mol. The van der Waals surface area contributed by atoms with Crippen molar-refractivity contribution in [1.29, 1.82) is 0 Å². The van der Waals surface area contributed by atoms with Crippen LogP contribution < -0.4 is 10.1 Å². The molecule has 0 atom stereocenters. The molecule has 0 aromatic heterocycles. The van der Waals surface area contributed by atoms with E-state index in [0.29, 0.717) is 11.3 Å². The third-order valence-electron chi connectivity index (χ3n) is 4.83. The quantitative estimate of drug-likeness (QED) is 0.331. The molecule has 1 aliphatic rings. The topological polar surface area (TPSA) is 58.6 Å². The van der Waals surface area contributed by atoms with E-state index in [-0.39, 0.29) is 27.3 Å². The molecule has 1 saturated heterocycles. The second-order valence-corrected chi connectivity index (χ2v) is 8.17. The van der Waals surface area contributed by atoms with E-state index < -0.39 is 11.8 Å². The maximum atomic E-state index is 12.4. The van der Waals surface area contributed by atoms with Gasteiger partial charge in [-0.25, -0.2) is 0 Å². The van der Waals surface area contributed by atoms with Crippen LogP contribution in [0.2, 0.25) is 10.0 Å². The van der Waals surface area contributed by atoms with Crippen LogP contribution in [0.25, 0.3) is 16.8 Å². The van der Waals surface area contributed by atoms with Gasteiger partial charge in [-0.05, 0) is 58.4 Å².